The summed E-state index contributed by atoms with van der Waals surface area (Å²) in [6.07, 6.45) is 0. The maximum atomic E-state index is 12.7. The Morgan fingerprint density at radius 2 is 2.00 bits per heavy atom. The quantitative estimate of drug-likeness (QED) is 0.862. The van der Waals surface area contributed by atoms with Crippen LogP contribution in [0.3, 0.4) is 0 Å². The Hall–Kier alpha value is -3.47. The summed E-state index contributed by atoms with van der Waals surface area (Å²) in [6, 6.07) is 8.57. The van der Waals surface area contributed by atoms with Gasteiger partial charge in [-0.25, -0.2) is 9.59 Å². The van der Waals surface area contributed by atoms with E-state index >= 15 is 0 Å². The predicted octanol–water partition coefficient (Wildman–Crippen LogP) is 0.278. The highest BCUT2D eigenvalue weighted by Gasteiger charge is 2.23. The van der Waals surface area contributed by atoms with Gasteiger partial charge >= 0.3 is 11.7 Å². The molecule has 0 atom stereocenters. The molecule has 0 radical (unpaired) electrons. The van der Waals surface area contributed by atoms with Gasteiger partial charge in [-0.05, 0) is 24.6 Å². The molecule has 2 aromatic rings. The topological polar surface area (TPSA) is 117 Å². The van der Waals surface area contributed by atoms with E-state index < -0.39 is 17.2 Å². The van der Waals surface area contributed by atoms with Gasteiger partial charge in [0.15, 0.2) is 0 Å². The van der Waals surface area contributed by atoms with Crippen molar-refractivity contribution in [1.29, 1.82) is 5.26 Å². The van der Waals surface area contributed by atoms with Gasteiger partial charge in [0.25, 0.3) is 5.56 Å². The Balaban J connectivity index is 2.07. The minimum Gasteiger partial charge on any atom is -0.477 e. The molecule has 8 nitrogen and oxygen atoms in total. The van der Waals surface area contributed by atoms with Crippen LogP contribution < -0.4 is 11.2 Å². The first-order chi connectivity index (χ1) is 11.9. The normalized spacial score (nSPS) is 12.9. The summed E-state index contributed by atoms with van der Waals surface area (Å²) in [4.78, 5) is 40.3. The van der Waals surface area contributed by atoms with Gasteiger partial charge in [0.1, 0.15) is 5.71 Å². The number of rotatable bonds is 3. The molecule has 3 rings (SSSR count). The van der Waals surface area contributed by atoms with Gasteiger partial charge in [-0.15, -0.1) is 0 Å². The van der Waals surface area contributed by atoms with Gasteiger partial charge in [-0.2, -0.15) is 5.26 Å². The molecule has 0 saturated heterocycles. The third-order valence-electron chi connectivity index (χ3n) is 4.18. The molecule has 1 aliphatic rings. The van der Waals surface area contributed by atoms with Crippen LogP contribution in [0.1, 0.15) is 22.4 Å². The highest BCUT2D eigenvalue weighted by Crippen LogP contribution is 2.10. The van der Waals surface area contributed by atoms with Gasteiger partial charge < -0.3 is 5.11 Å². The van der Waals surface area contributed by atoms with Crippen LogP contribution in [0.2, 0.25) is 0 Å². The van der Waals surface area contributed by atoms with Crippen LogP contribution in [0.25, 0.3) is 0 Å². The summed E-state index contributed by atoms with van der Waals surface area (Å²) in [5.41, 5.74) is 0.895. The first-order valence-corrected chi connectivity index (χ1v) is 7.51. The summed E-state index contributed by atoms with van der Waals surface area (Å²) in [5.74, 6) is -1.18. The lowest BCUT2D eigenvalue weighted by molar-refractivity contribution is -0.129. The molecule has 1 N–H and O–H groups in total. The Morgan fingerprint density at radius 1 is 1.32 bits per heavy atom. The van der Waals surface area contributed by atoms with Crippen LogP contribution in [-0.2, 0) is 24.4 Å². The van der Waals surface area contributed by atoms with Crippen LogP contribution in [-0.4, -0.2) is 25.9 Å². The molecule has 126 valence electrons. The number of carboxylic acids is 1. The Bertz CT molecular complexity index is 1050. The van der Waals surface area contributed by atoms with Crippen LogP contribution >= 0.6 is 0 Å². The number of benzene rings is 1. The predicted molar refractivity (Wildman–Crippen MR) is 88.7 cm³/mol. The smallest absolute Gasteiger partial charge is 0.351 e. The fourth-order valence-corrected chi connectivity index (χ4v) is 2.76. The molecular weight excluding hydrogens is 324 g/mol. The van der Waals surface area contributed by atoms with E-state index in [1.54, 1.807) is 31.2 Å². The monoisotopic (exact) mass is 338 g/mol. The van der Waals surface area contributed by atoms with E-state index in [4.69, 9.17) is 10.4 Å². The third kappa shape index (κ3) is 2.87. The second kappa shape index (κ2) is 6.20. The molecule has 8 heteroatoms. The highest BCUT2D eigenvalue weighted by molar-refractivity contribution is 6.35. The number of carboxylic acid groups (broad SMARTS) is 1. The molecule has 2 heterocycles. The second-order valence-electron chi connectivity index (χ2n) is 5.71. The minimum absolute atomic E-state index is 0.00431. The fourth-order valence-electron chi connectivity index (χ4n) is 2.76. The lowest BCUT2D eigenvalue weighted by atomic mass is 10.1. The molecule has 25 heavy (non-hydrogen) atoms. The average molecular weight is 338 g/mol. The van der Waals surface area contributed by atoms with Gasteiger partial charge in [0.2, 0.25) is 0 Å². The molecular formula is C17H14N4O4. The van der Waals surface area contributed by atoms with Crippen molar-refractivity contribution in [3.05, 3.63) is 67.5 Å². The van der Waals surface area contributed by atoms with Gasteiger partial charge in [0.05, 0.1) is 37.0 Å². The number of carbonyl (C=O) groups is 1. The molecule has 0 bridgehead atoms. The van der Waals surface area contributed by atoms with E-state index in [-0.39, 0.29) is 25.3 Å². The molecule has 0 fully saturated rings. The maximum absolute atomic E-state index is 12.7. The standard InChI is InChI=1S/C17H14N4O4/c1-10-14-7-19-13(16(23)24)9-20(14)17(25)21(15(10)22)8-12-4-2-11(6-18)3-5-12/h2-5H,7-9H2,1H3,(H,23,24). The van der Waals surface area contributed by atoms with Gasteiger partial charge in [0, 0.05) is 5.56 Å². The number of nitriles is 1. The summed E-state index contributed by atoms with van der Waals surface area (Å²) >= 11 is 0. The van der Waals surface area contributed by atoms with E-state index in [0.717, 1.165) is 4.57 Å². The first kappa shape index (κ1) is 16.4. The SMILES string of the molecule is Cc1c2n(c(=O)n(Cc3ccc(C#N)cc3)c1=O)CC(C(=O)O)=NC2. The fraction of sp³-hybridized carbons (Fsp3) is 0.235. The van der Waals surface area contributed by atoms with Crippen molar-refractivity contribution in [3.63, 3.8) is 0 Å². The Kier molecular flexibility index (Phi) is 4.07. The number of hydrogen-bond acceptors (Lipinski definition) is 5. The number of hydrogen-bond donors (Lipinski definition) is 1. The van der Waals surface area contributed by atoms with E-state index in [2.05, 4.69) is 4.99 Å². The minimum atomic E-state index is -1.18. The van der Waals surface area contributed by atoms with Crippen LogP contribution in [0, 0.1) is 18.3 Å². The average Bonchev–Trinajstić information content (AvgIpc) is 2.63. The van der Waals surface area contributed by atoms with Crippen LogP contribution in [0.5, 0.6) is 0 Å². The zero-order chi connectivity index (χ0) is 18.1. The van der Waals surface area contributed by atoms with Crippen molar-refractivity contribution < 1.29 is 9.90 Å². The molecule has 0 aliphatic carbocycles. The Morgan fingerprint density at radius 3 is 2.60 bits per heavy atom. The van der Waals surface area contributed by atoms with Crippen molar-refractivity contribution >= 4 is 11.7 Å². The zero-order valence-corrected chi connectivity index (χ0v) is 13.4. The van der Waals surface area contributed by atoms with Crippen molar-refractivity contribution in [1.82, 2.24) is 9.13 Å². The summed E-state index contributed by atoms with van der Waals surface area (Å²) in [7, 11) is 0. The highest BCUT2D eigenvalue weighted by atomic mass is 16.4. The molecule has 0 spiro atoms. The van der Waals surface area contributed by atoms with Crippen molar-refractivity contribution in [2.24, 2.45) is 4.99 Å². The first-order valence-electron chi connectivity index (χ1n) is 7.51. The largest absolute Gasteiger partial charge is 0.477 e. The number of aromatic nitrogens is 2. The summed E-state index contributed by atoms with van der Waals surface area (Å²) in [5, 5.41) is 17.9. The van der Waals surface area contributed by atoms with Crippen molar-refractivity contribution in [2.45, 2.75) is 26.6 Å². The van der Waals surface area contributed by atoms with Gasteiger partial charge in [-0.1, -0.05) is 12.1 Å². The number of fused-ring (bicyclic) bond motifs is 1. The van der Waals surface area contributed by atoms with Crippen LogP contribution in [0.15, 0.2) is 38.8 Å². The second-order valence-corrected chi connectivity index (χ2v) is 5.71. The van der Waals surface area contributed by atoms with E-state index in [0.29, 0.717) is 22.4 Å². The number of aliphatic carboxylic acids is 1. The summed E-state index contributed by atoms with van der Waals surface area (Å²) in [6.45, 7) is 1.47. The zero-order valence-electron chi connectivity index (χ0n) is 13.4. The molecule has 0 unspecified atom stereocenters. The molecule has 0 amide bonds. The lowest BCUT2D eigenvalue weighted by Gasteiger charge is -2.20. The Labute approximate surface area is 141 Å². The number of nitrogens with zero attached hydrogens (tertiary/aromatic N) is 4. The van der Waals surface area contributed by atoms with E-state index in [1.165, 1.54) is 4.57 Å². The molecule has 0 saturated carbocycles. The number of aliphatic imine (C=N–C) groups is 1. The van der Waals surface area contributed by atoms with E-state index in [9.17, 15) is 14.4 Å². The summed E-state index contributed by atoms with van der Waals surface area (Å²) < 4.78 is 2.36. The maximum Gasteiger partial charge on any atom is 0.351 e. The molecule has 1 aliphatic heterocycles. The van der Waals surface area contributed by atoms with E-state index in [1.807, 2.05) is 6.07 Å². The van der Waals surface area contributed by atoms with Crippen molar-refractivity contribution in [2.75, 3.05) is 0 Å². The van der Waals surface area contributed by atoms with Crippen molar-refractivity contribution in [3.8, 4) is 6.07 Å². The third-order valence-corrected chi connectivity index (χ3v) is 4.18. The molecule has 1 aromatic carbocycles. The van der Waals surface area contributed by atoms with Crippen LogP contribution in [0.4, 0.5) is 0 Å². The van der Waals surface area contributed by atoms with Gasteiger partial charge in [-0.3, -0.25) is 18.9 Å². The molecule has 1 aromatic heterocycles. The lowest BCUT2D eigenvalue weighted by Crippen LogP contribution is -2.46.